The predicted octanol–water partition coefficient (Wildman–Crippen LogP) is 4.05. The summed E-state index contributed by atoms with van der Waals surface area (Å²) in [6, 6.07) is 10.1. The Morgan fingerprint density at radius 3 is 2.43 bits per heavy atom. The number of ether oxygens (including phenoxy) is 2. The topological polar surface area (TPSA) is 62.8 Å². The summed E-state index contributed by atoms with van der Waals surface area (Å²) in [5.74, 6) is 0.927. The average Bonchev–Trinajstić information content (AvgIpc) is 2.67. The highest BCUT2D eigenvalue weighted by molar-refractivity contribution is 5.89. The Morgan fingerprint density at radius 1 is 1.11 bits per heavy atom. The lowest BCUT2D eigenvalue weighted by Crippen LogP contribution is -2.30. The number of benzene rings is 2. The molecule has 7 heteroatoms. The van der Waals surface area contributed by atoms with Crippen LogP contribution in [-0.4, -0.2) is 39.9 Å². The number of rotatable bonds is 8. The van der Waals surface area contributed by atoms with Gasteiger partial charge in [0.25, 0.3) is 0 Å². The van der Waals surface area contributed by atoms with Crippen LogP contribution < -0.4 is 25.0 Å². The number of halogens is 1. The lowest BCUT2D eigenvalue weighted by atomic mass is 10.1. The second kappa shape index (κ2) is 9.82. The molecule has 2 amide bonds. The summed E-state index contributed by atoms with van der Waals surface area (Å²) in [6.07, 6.45) is 0.625. The summed E-state index contributed by atoms with van der Waals surface area (Å²) in [5.41, 5.74) is 1.90. The van der Waals surface area contributed by atoms with Gasteiger partial charge < -0.3 is 25.0 Å². The zero-order valence-electron chi connectivity index (χ0n) is 17.0. The molecular weight excluding hydrogens is 361 g/mol. The predicted molar refractivity (Wildman–Crippen MR) is 110 cm³/mol. The van der Waals surface area contributed by atoms with E-state index in [9.17, 15) is 9.18 Å². The van der Waals surface area contributed by atoms with E-state index in [1.54, 1.807) is 26.4 Å². The highest BCUT2D eigenvalue weighted by Gasteiger charge is 2.12. The van der Waals surface area contributed by atoms with E-state index < -0.39 is 0 Å². The van der Waals surface area contributed by atoms with Crippen molar-refractivity contribution in [2.45, 2.75) is 26.3 Å². The Morgan fingerprint density at radius 2 is 1.82 bits per heavy atom. The van der Waals surface area contributed by atoms with Gasteiger partial charge in [-0.25, -0.2) is 9.18 Å². The monoisotopic (exact) mass is 389 g/mol. The quantitative estimate of drug-likeness (QED) is 0.715. The number of carbonyl (C=O) groups is 1. The molecule has 6 nitrogen and oxygen atoms in total. The molecule has 2 N–H and O–H groups in total. The van der Waals surface area contributed by atoms with Gasteiger partial charge in [0, 0.05) is 25.3 Å². The average molecular weight is 389 g/mol. The zero-order chi connectivity index (χ0) is 20.7. The summed E-state index contributed by atoms with van der Waals surface area (Å²) >= 11 is 0. The SMILES string of the molecule is COc1ccc(CCNC(=O)Nc2ccc(N(C)C(C)C)c(F)c2)cc1OC. The van der Waals surface area contributed by atoms with E-state index in [1.807, 2.05) is 44.0 Å². The van der Waals surface area contributed by atoms with Crippen LogP contribution in [0.15, 0.2) is 36.4 Å². The third kappa shape index (κ3) is 5.52. The van der Waals surface area contributed by atoms with Crippen molar-refractivity contribution in [3.8, 4) is 11.5 Å². The molecule has 2 rings (SSSR count). The third-order valence-corrected chi connectivity index (χ3v) is 4.51. The van der Waals surface area contributed by atoms with Crippen molar-refractivity contribution in [3.63, 3.8) is 0 Å². The number of nitrogens with one attached hydrogen (secondary N) is 2. The number of hydrogen-bond acceptors (Lipinski definition) is 4. The molecule has 28 heavy (non-hydrogen) atoms. The molecule has 0 spiro atoms. The molecule has 0 bridgehead atoms. The Hall–Kier alpha value is -2.96. The van der Waals surface area contributed by atoms with Crippen molar-refractivity contribution in [1.29, 1.82) is 0 Å². The van der Waals surface area contributed by atoms with Crippen LogP contribution >= 0.6 is 0 Å². The normalized spacial score (nSPS) is 10.5. The van der Waals surface area contributed by atoms with Crippen molar-refractivity contribution in [2.75, 3.05) is 38.0 Å². The van der Waals surface area contributed by atoms with E-state index in [-0.39, 0.29) is 17.9 Å². The Balaban J connectivity index is 1.88. The molecule has 2 aromatic carbocycles. The van der Waals surface area contributed by atoms with Crippen LogP contribution in [-0.2, 0) is 6.42 Å². The number of urea groups is 1. The first-order valence-electron chi connectivity index (χ1n) is 9.13. The highest BCUT2D eigenvalue weighted by Crippen LogP contribution is 2.27. The van der Waals surface area contributed by atoms with Crippen molar-refractivity contribution in [1.82, 2.24) is 5.32 Å². The van der Waals surface area contributed by atoms with E-state index in [0.717, 1.165) is 5.56 Å². The molecular formula is C21H28FN3O3. The molecule has 0 radical (unpaired) electrons. The Kier molecular flexibility index (Phi) is 7.49. The minimum Gasteiger partial charge on any atom is -0.493 e. The first-order valence-corrected chi connectivity index (χ1v) is 9.13. The van der Waals surface area contributed by atoms with Crippen molar-refractivity contribution in [2.24, 2.45) is 0 Å². The minimum absolute atomic E-state index is 0.174. The van der Waals surface area contributed by atoms with Gasteiger partial charge in [-0.05, 0) is 56.2 Å². The van der Waals surface area contributed by atoms with Gasteiger partial charge in [-0.15, -0.1) is 0 Å². The summed E-state index contributed by atoms with van der Waals surface area (Å²) < 4.78 is 24.8. The highest BCUT2D eigenvalue weighted by atomic mass is 19.1. The molecule has 0 aliphatic heterocycles. The molecule has 0 heterocycles. The van der Waals surface area contributed by atoms with Crippen LogP contribution in [0.4, 0.5) is 20.6 Å². The van der Waals surface area contributed by atoms with Crippen LogP contribution in [0.2, 0.25) is 0 Å². The smallest absolute Gasteiger partial charge is 0.319 e. The number of hydrogen-bond donors (Lipinski definition) is 2. The lowest BCUT2D eigenvalue weighted by molar-refractivity contribution is 0.252. The molecule has 0 aliphatic carbocycles. The molecule has 0 saturated carbocycles. The Labute approximate surface area is 165 Å². The van der Waals surface area contributed by atoms with Crippen LogP contribution in [0.5, 0.6) is 11.5 Å². The van der Waals surface area contributed by atoms with Crippen molar-refractivity contribution >= 4 is 17.4 Å². The first kappa shape index (κ1) is 21.3. The van der Waals surface area contributed by atoms with E-state index in [0.29, 0.717) is 35.8 Å². The van der Waals surface area contributed by atoms with Gasteiger partial charge in [-0.2, -0.15) is 0 Å². The van der Waals surface area contributed by atoms with Gasteiger partial charge in [-0.1, -0.05) is 6.07 Å². The van der Waals surface area contributed by atoms with E-state index in [2.05, 4.69) is 10.6 Å². The van der Waals surface area contributed by atoms with Crippen molar-refractivity contribution < 1.29 is 18.7 Å². The summed E-state index contributed by atoms with van der Waals surface area (Å²) in [7, 11) is 4.99. The van der Waals surface area contributed by atoms with Gasteiger partial charge in [-0.3, -0.25) is 0 Å². The van der Waals surface area contributed by atoms with Gasteiger partial charge >= 0.3 is 6.03 Å². The third-order valence-electron chi connectivity index (χ3n) is 4.51. The summed E-state index contributed by atoms with van der Waals surface area (Å²) in [4.78, 5) is 13.9. The number of amides is 2. The van der Waals surface area contributed by atoms with E-state index >= 15 is 0 Å². The van der Waals surface area contributed by atoms with Gasteiger partial charge in [0.15, 0.2) is 11.5 Å². The lowest BCUT2D eigenvalue weighted by Gasteiger charge is -2.24. The molecule has 2 aromatic rings. The molecule has 0 unspecified atom stereocenters. The molecule has 0 aromatic heterocycles. The van der Waals surface area contributed by atoms with Crippen molar-refractivity contribution in [3.05, 3.63) is 47.8 Å². The minimum atomic E-state index is -0.384. The number of methoxy groups -OCH3 is 2. The number of anilines is 2. The van der Waals surface area contributed by atoms with Crippen LogP contribution in [0.25, 0.3) is 0 Å². The number of nitrogens with zero attached hydrogens (tertiary/aromatic N) is 1. The second-order valence-corrected chi connectivity index (χ2v) is 6.69. The standard InChI is InChI=1S/C21H28FN3O3/c1-14(2)25(3)18-8-7-16(13-17(18)22)24-21(26)23-11-10-15-6-9-19(27-4)20(12-15)28-5/h6-9,12-14H,10-11H2,1-5H3,(H2,23,24,26). The summed E-state index contributed by atoms with van der Waals surface area (Å²) in [6.45, 7) is 4.40. The fourth-order valence-corrected chi connectivity index (χ4v) is 2.68. The van der Waals surface area contributed by atoms with Crippen LogP contribution in [0, 0.1) is 5.82 Å². The maximum Gasteiger partial charge on any atom is 0.319 e. The maximum absolute atomic E-state index is 14.3. The molecule has 0 fully saturated rings. The fourth-order valence-electron chi connectivity index (χ4n) is 2.68. The maximum atomic E-state index is 14.3. The summed E-state index contributed by atoms with van der Waals surface area (Å²) in [5, 5.41) is 5.42. The fraction of sp³-hybridized carbons (Fsp3) is 0.381. The molecule has 152 valence electrons. The second-order valence-electron chi connectivity index (χ2n) is 6.69. The zero-order valence-corrected chi connectivity index (χ0v) is 17.0. The van der Waals surface area contributed by atoms with Crippen LogP contribution in [0.3, 0.4) is 0 Å². The van der Waals surface area contributed by atoms with E-state index in [1.165, 1.54) is 6.07 Å². The molecule has 0 atom stereocenters. The Bertz CT molecular complexity index is 811. The largest absolute Gasteiger partial charge is 0.493 e. The molecule has 0 saturated heterocycles. The van der Waals surface area contributed by atoms with Crippen LogP contribution in [0.1, 0.15) is 19.4 Å². The first-order chi connectivity index (χ1) is 13.3. The number of carbonyl (C=O) groups excluding carboxylic acids is 1. The van der Waals surface area contributed by atoms with E-state index in [4.69, 9.17) is 9.47 Å². The van der Waals surface area contributed by atoms with Gasteiger partial charge in [0.2, 0.25) is 0 Å². The van der Waals surface area contributed by atoms with Gasteiger partial charge in [0.1, 0.15) is 5.82 Å². The van der Waals surface area contributed by atoms with Gasteiger partial charge in [0.05, 0.1) is 19.9 Å². The molecule has 0 aliphatic rings.